The molecule has 6 nitrogen and oxygen atoms in total. The summed E-state index contributed by atoms with van der Waals surface area (Å²) in [7, 11) is 0. The Morgan fingerprint density at radius 2 is 1.06 bits per heavy atom. The first-order valence-corrected chi connectivity index (χ1v) is 10.5. The highest BCUT2D eigenvalue weighted by atomic mass is 16.1. The standard InChI is InChI=1S/C25H27N5O/c1-4-18-30(5-2)25-16-14-24(15-17-25)29-28-23-12-10-22(11-13-23)27-26-21-8-6-20(7-9-21)19(3)31/h6-17H,4-5,18H2,1-3H3. The van der Waals surface area contributed by atoms with E-state index >= 15 is 0 Å². The molecule has 158 valence electrons. The van der Waals surface area contributed by atoms with Crippen molar-refractivity contribution in [3.8, 4) is 0 Å². The monoisotopic (exact) mass is 413 g/mol. The number of benzene rings is 3. The van der Waals surface area contributed by atoms with Crippen molar-refractivity contribution in [1.82, 2.24) is 0 Å². The molecule has 0 aliphatic carbocycles. The fourth-order valence-corrected chi connectivity index (χ4v) is 3.05. The highest BCUT2D eigenvalue weighted by Gasteiger charge is 2.02. The molecule has 0 heterocycles. The largest absolute Gasteiger partial charge is 0.372 e. The summed E-state index contributed by atoms with van der Waals surface area (Å²) in [5, 5.41) is 17.0. The van der Waals surface area contributed by atoms with E-state index in [-0.39, 0.29) is 5.78 Å². The number of carbonyl (C=O) groups excluding carboxylic acids is 1. The van der Waals surface area contributed by atoms with Crippen molar-refractivity contribution < 1.29 is 4.79 Å². The quantitative estimate of drug-likeness (QED) is 0.264. The number of hydrogen-bond donors (Lipinski definition) is 0. The number of ketones is 1. The fourth-order valence-electron chi connectivity index (χ4n) is 3.05. The van der Waals surface area contributed by atoms with Gasteiger partial charge in [-0.25, -0.2) is 0 Å². The number of anilines is 1. The molecule has 0 unspecified atom stereocenters. The molecule has 0 bridgehead atoms. The Kier molecular flexibility index (Phi) is 7.76. The summed E-state index contributed by atoms with van der Waals surface area (Å²) >= 11 is 0. The third-order valence-corrected chi connectivity index (χ3v) is 4.78. The summed E-state index contributed by atoms with van der Waals surface area (Å²) in [6.45, 7) is 7.92. The van der Waals surface area contributed by atoms with Crippen LogP contribution in [0.3, 0.4) is 0 Å². The molecule has 0 N–H and O–H groups in total. The molecule has 0 saturated heterocycles. The Hall–Kier alpha value is -3.67. The van der Waals surface area contributed by atoms with Crippen LogP contribution in [0.2, 0.25) is 0 Å². The van der Waals surface area contributed by atoms with Crippen molar-refractivity contribution in [2.45, 2.75) is 27.2 Å². The van der Waals surface area contributed by atoms with E-state index in [1.54, 1.807) is 24.3 Å². The minimum Gasteiger partial charge on any atom is -0.372 e. The van der Waals surface area contributed by atoms with Crippen molar-refractivity contribution in [2.24, 2.45) is 20.5 Å². The zero-order valence-electron chi connectivity index (χ0n) is 18.2. The van der Waals surface area contributed by atoms with Gasteiger partial charge in [0.2, 0.25) is 0 Å². The van der Waals surface area contributed by atoms with Gasteiger partial charge in [0, 0.05) is 24.3 Å². The van der Waals surface area contributed by atoms with Crippen LogP contribution in [0.5, 0.6) is 0 Å². The molecule has 0 radical (unpaired) electrons. The van der Waals surface area contributed by atoms with Gasteiger partial charge in [-0.1, -0.05) is 6.92 Å². The molecule has 3 aromatic rings. The predicted molar refractivity (Wildman–Crippen MR) is 126 cm³/mol. The van der Waals surface area contributed by atoms with Gasteiger partial charge in [0.15, 0.2) is 5.78 Å². The number of rotatable bonds is 9. The summed E-state index contributed by atoms with van der Waals surface area (Å²) in [6, 6.07) is 22.6. The molecule has 0 spiro atoms. The summed E-state index contributed by atoms with van der Waals surface area (Å²) in [6.07, 6.45) is 1.12. The van der Waals surface area contributed by atoms with Crippen LogP contribution in [0, 0.1) is 0 Å². The van der Waals surface area contributed by atoms with Crippen LogP contribution in [0.4, 0.5) is 28.4 Å². The summed E-state index contributed by atoms with van der Waals surface area (Å²) in [5.41, 5.74) is 4.83. The Balaban J connectivity index is 1.61. The fraction of sp³-hybridized carbons (Fsp3) is 0.240. The second kappa shape index (κ2) is 10.9. The van der Waals surface area contributed by atoms with Crippen LogP contribution in [0.25, 0.3) is 0 Å². The van der Waals surface area contributed by atoms with E-state index in [1.165, 1.54) is 12.6 Å². The van der Waals surface area contributed by atoms with Crippen molar-refractivity contribution in [1.29, 1.82) is 0 Å². The molecule has 3 aromatic carbocycles. The second-order valence-electron chi connectivity index (χ2n) is 7.12. The third-order valence-electron chi connectivity index (χ3n) is 4.78. The maximum Gasteiger partial charge on any atom is 0.159 e. The van der Waals surface area contributed by atoms with Crippen LogP contribution < -0.4 is 4.90 Å². The van der Waals surface area contributed by atoms with E-state index in [0.717, 1.165) is 36.6 Å². The maximum absolute atomic E-state index is 11.3. The zero-order chi connectivity index (χ0) is 22.1. The van der Waals surface area contributed by atoms with Gasteiger partial charge in [0.1, 0.15) is 0 Å². The normalized spacial score (nSPS) is 11.3. The molecule has 3 rings (SSSR count). The van der Waals surface area contributed by atoms with Gasteiger partial charge in [0.25, 0.3) is 0 Å². The van der Waals surface area contributed by atoms with E-state index in [4.69, 9.17) is 0 Å². The van der Waals surface area contributed by atoms with Gasteiger partial charge in [-0.3, -0.25) is 4.79 Å². The Morgan fingerprint density at radius 3 is 1.42 bits per heavy atom. The van der Waals surface area contributed by atoms with Crippen molar-refractivity contribution in [3.63, 3.8) is 0 Å². The summed E-state index contributed by atoms with van der Waals surface area (Å²) < 4.78 is 0. The van der Waals surface area contributed by atoms with Gasteiger partial charge in [-0.2, -0.15) is 20.5 Å². The Morgan fingerprint density at radius 1 is 0.677 bits per heavy atom. The lowest BCUT2D eigenvalue weighted by Crippen LogP contribution is -2.23. The summed E-state index contributed by atoms with van der Waals surface area (Å²) in [4.78, 5) is 13.7. The lowest BCUT2D eigenvalue weighted by atomic mass is 10.1. The molecule has 0 aromatic heterocycles. The highest BCUT2D eigenvalue weighted by Crippen LogP contribution is 2.25. The molecule has 0 amide bonds. The third kappa shape index (κ3) is 6.40. The van der Waals surface area contributed by atoms with Gasteiger partial charge >= 0.3 is 0 Å². The Labute approximate surface area is 183 Å². The first-order valence-electron chi connectivity index (χ1n) is 10.5. The first-order chi connectivity index (χ1) is 15.1. The van der Waals surface area contributed by atoms with E-state index in [0.29, 0.717) is 11.3 Å². The van der Waals surface area contributed by atoms with E-state index < -0.39 is 0 Å². The molecule has 0 saturated carbocycles. The molecule has 0 fully saturated rings. The van der Waals surface area contributed by atoms with Crippen molar-refractivity contribution >= 4 is 34.2 Å². The maximum atomic E-state index is 11.3. The second-order valence-corrected chi connectivity index (χ2v) is 7.12. The average molecular weight is 414 g/mol. The van der Waals surface area contributed by atoms with E-state index in [2.05, 4.69) is 51.3 Å². The molecule has 0 aliphatic rings. The highest BCUT2D eigenvalue weighted by molar-refractivity contribution is 5.94. The molecule has 31 heavy (non-hydrogen) atoms. The predicted octanol–water partition coefficient (Wildman–Crippen LogP) is 7.96. The van der Waals surface area contributed by atoms with E-state index in [1.807, 2.05) is 36.4 Å². The van der Waals surface area contributed by atoms with Crippen LogP contribution in [0.15, 0.2) is 93.3 Å². The number of nitrogens with zero attached hydrogens (tertiary/aromatic N) is 5. The molecular weight excluding hydrogens is 386 g/mol. The molecule has 0 aliphatic heterocycles. The van der Waals surface area contributed by atoms with Crippen LogP contribution in [-0.2, 0) is 0 Å². The number of carbonyl (C=O) groups is 1. The lowest BCUT2D eigenvalue weighted by molar-refractivity contribution is 0.101. The van der Waals surface area contributed by atoms with Crippen LogP contribution in [0.1, 0.15) is 37.6 Å². The number of azo groups is 2. The van der Waals surface area contributed by atoms with E-state index in [9.17, 15) is 4.79 Å². The zero-order valence-corrected chi connectivity index (χ0v) is 18.2. The lowest BCUT2D eigenvalue weighted by Gasteiger charge is -2.22. The average Bonchev–Trinajstić information content (AvgIpc) is 2.81. The minimum absolute atomic E-state index is 0.0311. The van der Waals surface area contributed by atoms with Gasteiger partial charge in [-0.05, 0) is 93.1 Å². The minimum atomic E-state index is 0.0311. The summed E-state index contributed by atoms with van der Waals surface area (Å²) in [5.74, 6) is 0.0311. The van der Waals surface area contributed by atoms with Crippen LogP contribution in [-0.4, -0.2) is 18.9 Å². The van der Waals surface area contributed by atoms with Crippen LogP contribution >= 0.6 is 0 Å². The van der Waals surface area contributed by atoms with Gasteiger partial charge in [-0.15, -0.1) is 0 Å². The SMILES string of the molecule is CCCN(CC)c1ccc(N=Nc2ccc(N=Nc3ccc(C(C)=O)cc3)cc2)cc1. The molecule has 6 heteroatoms. The molecular formula is C25H27N5O. The Bertz CT molecular complexity index is 1040. The van der Waals surface area contributed by atoms with Gasteiger partial charge < -0.3 is 4.90 Å². The smallest absolute Gasteiger partial charge is 0.159 e. The molecule has 0 atom stereocenters. The number of hydrogen-bond acceptors (Lipinski definition) is 6. The first kappa shape index (κ1) is 22.0. The number of Topliss-reactive ketones (excluding diaryl/α,β-unsaturated/α-hetero) is 1. The van der Waals surface area contributed by atoms with Gasteiger partial charge in [0.05, 0.1) is 22.7 Å². The van der Waals surface area contributed by atoms with Crippen molar-refractivity contribution in [3.05, 3.63) is 78.4 Å². The topological polar surface area (TPSA) is 69.8 Å². The van der Waals surface area contributed by atoms with Crippen molar-refractivity contribution in [2.75, 3.05) is 18.0 Å².